The third-order valence-corrected chi connectivity index (χ3v) is 4.00. The van der Waals surface area contributed by atoms with E-state index in [1.807, 2.05) is 6.92 Å². The largest absolute Gasteiger partial charge is 0.443 e. The highest BCUT2D eigenvalue weighted by molar-refractivity contribution is 7.15. The summed E-state index contributed by atoms with van der Waals surface area (Å²) in [7, 11) is 0. The summed E-state index contributed by atoms with van der Waals surface area (Å²) >= 11 is 6.57. The standard InChI is InChI=1S/C12H11ClF3N3S/c1-3-4-8-18-9(6(2)10(13)19-8)7-5-17-11(20-7)12(14,15)16/h5H,3-4H2,1-2H3. The zero-order valence-corrected chi connectivity index (χ0v) is 12.3. The van der Waals surface area contributed by atoms with Gasteiger partial charge in [0.15, 0.2) is 5.01 Å². The lowest BCUT2D eigenvalue weighted by Crippen LogP contribution is -2.02. The molecule has 0 aliphatic heterocycles. The molecule has 8 heteroatoms. The molecule has 108 valence electrons. The predicted molar refractivity (Wildman–Crippen MR) is 71.9 cm³/mol. The molecule has 2 rings (SSSR count). The van der Waals surface area contributed by atoms with Crippen LogP contribution in [0.15, 0.2) is 6.20 Å². The molecule has 2 aromatic heterocycles. The van der Waals surface area contributed by atoms with Crippen LogP contribution in [0, 0.1) is 6.92 Å². The van der Waals surface area contributed by atoms with Crippen LogP contribution in [0.3, 0.4) is 0 Å². The highest BCUT2D eigenvalue weighted by Gasteiger charge is 2.35. The summed E-state index contributed by atoms with van der Waals surface area (Å²) in [5, 5.41) is -0.626. The van der Waals surface area contributed by atoms with Crippen molar-refractivity contribution in [1.29, 1.82) is 0 Å². The van der Waals surface area contributed by atoms with Crippen molar-refractivity contribution >= 4 is 22.9 Å². The summed E-state index contributed by atoms with van der Waals surface area (Å²) in [6.45, 7) is 3.64. The zero-order chi connectivity index (χ0) is 14.9. The maximum atomic E-state index is 12.6. The van der Waals surface area contributed by atoms with Gasteiger partial charge >= 0.3 is 6.18 Å². The van der Waals surface area contributed by atoms with E-state index in [0.717, 1.165) is 6.42 Å². The van der Waals surface area contributed by atoms with E-state index in [2.05, 4.69) is 15.0 Å². The van der Waals surface area contributed by atoms with Gasteiger partial charge in [-0.25, -0.2) is 15.0 Å². The molecule has 0 aliphatic rings. The number of alkyl halides is 3. The highest BCUT2D eigenvalue weighted by Crippen LogP contribution is 2.37. The van der Waals surface area contributed by atoms with Gasteiger partial charge in [-0.05, 0) is 13.3 Å². The molecule has 0 spiro atoms. The van der Waals surface area contributed by atoms with Crippen LogP contribution in [0.25, 0.3) is 10.6 Å². The van der Waals surface area contributed by atoms with Crippen LogP contribution in [-0.2, 0) is 12.6 Å². The maximum absolute atomic E-state index is 12.6. The molecular weight excluding hydrogens is 311 g/mol. The number of halogens is 4. The molecule has 2 heterocycles. The third kappa shape index (κ3) is 3.09. The number of rotatable bonds is 3. The Bertz CT molecular complexity index is 625. The lowest BCUT2D eigenvalue weighted by atomic mass is 10.2. The molecule has 20 heavy (non-hydrogen) atoms. The first-order chi connectivity index (χ1) is 9.32. The van der Waals surface area contributed by atoms with E-state index < -0.39 is 11.2 Å². The Kier molecular flexibility index (Phi) is 4.29. The van der Waals surface area contributed by atoms with Crippen LogP contribution >= 0.6 is 22.9 Å². The van der Waals surface area contributed by atoms with Crippen LogP contribution < -0.4 is 0 Å². The summed E-state index contributed by atoms with van der Waals surface area (Å²) < 4.78 is 37.8. The Balaban J connectivity index is 2.49. The van der Waals surface area contributed by atoms with Gasteiger partial charge < -0.3 is 0 Å². The van der Waals surface area contributed by atoms with Crippen LogP contribution in [-0.4, -0.2) is 15.0 Å². The fourth-order valence-corrected chi connectivity index (χ4v) is 2.64. The Morgan fingerprint density at radius 3 is 2.55 bits per heavy atom. The number of thiazole rings is 1. The Hall–Kier alpha value is -1.21. The zero-order valence-electron chi connectivity index (χ0n) is 10.8. The van der Waals surface area contributed by atoms with E-state index >= 15 is 0 Å². The van der Waals surface area contributed by atoms with Crippen molar-refractivity contribution in [1.82, 2.24) is 15.0 Å². The van der Waals surface area contributed by atoms with Crippen molar-refractivity contribution in [3.05, 3.63) is 27.7 Å². The molecule has 0 atom stereocenters. The van der Waals surface area contributed by atoms with Crippen molar-refractivity contribution in [2.45, 2.75) is 32.9 Å². The molecule has 0 aliphatic carbocycles. The van der Waals surface area contributed by atoms with Crippen molar-refractivity contribution in [2.24, 2.45) is 0 Å². The molecule has 0 saturated heterocycles. The predicted octanol–water partition coefficient (Wildman–Crippen LogP) is 4.53. The van der Waals surface area contributed by atoms with E-state index in [4.69, 9.17) is 11.6 Å². The highest BCUT2D eigenvalue weighted by atomic mass is 35.5. The van der Waals surface area contributed by atoms with Gasteiger partial charge in [0.05, 0.1) is 10.6 Å². The Labute approximate surface area is 122 Å². The van der Waals surface area contributed by atoms with Gasteiger partial charge in [0.2, 0.25) is 0 Å². The molecule has 3 nitrogen and oxygen atoms in total. The molecular formula is C12H11ClF3N3S. The quantitative estimate of drug-likeness (QED) is 0.779. The second kappa shape index (κ2) is 5.65. The molecule has 0 saturated carbocycles. The third-order valence-electron chi connectivity index (χ3n) is 2.59. The van der Waals surface area contributed by atoms with Gasteiger partial charge in [-0.3, -0.25) is 0 Å². The number of aromatic nitrogens is 3. The van der Waals surface area contributed by atoms with E-state index in [1.54, 1.807) is 6.92 Å². The summed E-state index contributed by atoms with van der Waals surface area (Å²) in [6, 6.07) is 0. The van der Waals surface area contributed by atoms with Crippen molar-refractivity contribution < 1.29 is 13.2 Å². The normalized spacial score (nSPS) is 11.9. The first kappa shape index (κ1) is 15.2. The Morgan fingerprint density at radius 2 is 2.00 bits per heavy atom. The minimum Gasteiger partial charge on any atom is -0.240 e. The molecule has 0 N–H and O–H groups in total. The first-order valence-electron chi connectivity index (χ1n) is 5.89. The van der Waals surface area contributed by atoms with Crippen molar-refractivity contribution in [2.75, 3.05) is 0 Å². The number of hydrogen-bond acceptors (Lipinski definition) is 4. The van der Waals surface area contributed by atoms with Crippen LogP contribution in [0.1, 0.15) is 29.7 Å². The molecule has 0 amide bonds. The van der Waals surface area contributed by atoms with Crippen molar-refractivity contribution in [3.63, 3.8) is 0 Å². The van der Waals surface area contributed by atoms with Gasteiger partial charge in [0.1, 0.15) is 11.0 Å². The second-order valence-electron chi connectivity index (χ2n) is 4.18. The van der Waals surface area contributed by atoms with Gasteiger partial charge in [0.25, 0.3) is 0 Å². The van der Waals surface area contributed by atoms with Crippen LogP contribution in [0.4, 0.5) is 13.2 Å². The van der Waals surface area contributed by atoms with Gasteiger partial charge in [-0.1, -0.05) is 18.5 Å². The Morgan fingerprint density at radius 1 is 1.30 bits per heavy atom. The molecule has 2 aromatic rings. The summed E-state index contributed by atoms with van der Waals surface area (Å²) in [4.78, 5) is 12.2. The van der Waals surface area contributed by atoms with Gasteiger partial charge in [-0.2, -0.15) is 13.2 Å². The minimum atomic E-state index is -4.44. The molecule has 0 bridgehead atoms. The number of nitrogens with zero attached hydrogens (tertiary/aromatic N) is 3. The van der Waals surface area contributed by atoms with Crippen LogP contribution in [0.2, 0.25) is 5.15 Å². The summed E-state index contributed by atoms with van der Waals surface area (Å²) in [6.07, 6.45) is -1.82. The molecule has 0 unspecified atom stereocenters. The fourth-order valence-electron chi connectivity index (χ4n) is 1.62. The monoisotopic (exact) mass is 321 g/mol. The smallest absolute Gasteiger partial charge is 0.240 e. The van der Waals surface area contributed by atoms with E-state index in [0.29, 0.717) is 39.7 Å². The van der Waals surface area contributed by atoms with Gasteiger partial charge in [-0.15, -0.1) is 11.3 Å². The topological polar surface area (TPSA) is 38.7 Å². The lowest BCUT2D eigenvalue weighted by molar-refractivity contribution is -0.137. The van der Waals surface area contributed by atoms with E-state index in [-0.39, 0.29) is 5.15 Å². The van der Waals surface area contributed by atoms with E-state index in [1.165, 1.54) is 6.20 Å². The molecule has 0 radical (unpaired) electrons. The summed E-state index contributed by atoms with van der Waals surface area (Å²) in [5.41, 5.74) is 0.977. The lowest BCUT2D eigenvalue weighted by Gasteiger charge is -2.07. The fraction of sp³-hybridized carbons (Fsp3) is 0.417. The average molecular weight is 322 g/mol. The minimum absolute atomic E-state index is 0.264. The number of aryl methyl sites for hydroxylation is 1. The number of hydrogen-bond donors (Lipinski definition) is 0. The SMILES string of the molecule is CCCc1nc(Cl)c(C)c(-c2cnc(C(F)(F)F)s2)n1. The van der Waals surface area contributed by atoms with Crippen LogP contribution in [0.5, 0.6) is 0 Å². The second-order valence-corrected chi connectivity index (χ2v) is 5.57. The van der Waals surface area contributed by atoms with E-state index in [9.17, 15) is 13.2 Å². The maximum Gasteiger partial charge on any atom is 0.443 e. The average Bonchev–Trinajstić information content (AvgIpc) is 2.83. The molecule has 0 fully saturated rings. The summed E-state index contributed by atoms with van der Waals surface area (Å²) in [5.74, 6) is 0.528. The first-order valence-corrected chi connectivity index (χ1v) is 7.08. The molecule has 0 aromatic carbocycles. The van der Waals surface area contributed by atoms with Crippen molar-refractivity contribution in [3.8, 4) is 10.6 Å². The van der Waals surface area contributed by atoms with Gasteiger partial charge in [0, 0.05) is 18.2 Å².